The van der Waals surface area contributed by atoms with Gasteiger partial charge in [-0.3, -0.25) is 0 Å². The van der Waals surface area contributed by atoms with E-state index in [1.807, 2.05) is 23.6 Å². The minimum atomic E-state index is 1.04. The van der Waals surface area contributed by atoms with E-state index in [4.69, 9.17) is 0 Å². The Kier molecular flexibility index (Phi) is 0.993. The number of hydrogen-bond donors (Lipinski definition) is 0. The number of aromatic nitrogens is 1. The number of fused-ring (bicyclic) bond motifs is 1. The van der Waals surface area contributed by atoms with Crippen molar-refractivity contribution in [3.63, 3.8) is 0 Å². The minimum Gasteiger partial charge on any atom is -0.193 e. The molecule has 0 aromatic heterocycles. The summed E-state index contributed by atoms with van der Waals surface area (Å²) in [5.41, 5.74) is 2.22. The molecule has 1 nitrogen and oxygen atoms in total. The maximum absolute atomic E-state index is 4.15. The Balaban J connectivity index is 2.79. The summed E-state index contributed by atoms with van der Waals surface area (Å²) in [5.74, 6) is 0. The zero-order valence-corrected chi connectivity index (χ0v) is 5.48. The molecular weight excluding hydrogens is 130 g/mol. The van der Waals surface area contributed by atoms with Crippen LogP contribution in [0.25, 0.3) is 11.3 Å². The molecule has 0 saturated carbocycles. The van der Waals surface area contributed by atoms with Gasteiger partial charge in [0.15, 0.2) is 0 Å². The highest BCUT2D eigenvalue weighted by molar-refractivity contribution is 7.03. The predicted octanol–water partition coefficient (Wildman–Crippen LogP) is 2.05. The van der Waals surface area contributed by atoms with E-state index in [2.05, 4.69) is 10.4 Å². The Morgan fingerprint density at radius 2 is 2.44 bits per heavy atom. The molecule has 0 saturated heterocycles. The first-order valence-corrected chi connectivity index (χ1v) is 3.51. The maximum Gasteiger partial charge on any atom is 0.0838 e. The highest BCUT2D eigenvalue weighted by atomic mass is 32.1. The first kappa shape index (κ1) is 4.94. The van der Waals surface area contributed by atoms with Crippen LogP contribution in [-0.2, 0) is 0 Å². The molecule has 9 heavy (non-hydrogen) atoms. The van der Waals surface area contributed by atoms with Gasteiger partial charge in [-0.2, -0.15) is 4.37 Å². The van der Waals surface area contributed by atoms with Crippen molar-refractivity contribution in [3.8, 4) is 11.3 Å². The first-order chi connectivity index (χ1) is 4.47. The summed E-state index contributed by atoms with van der Waals surface area (Å²) >= 11 is 1.47. The molecule has 0 bridgehead atoms. The molecule has 1 aliphatic heterocycles. The van der Waals surface area contributed by atoms with Crippen LogP contribution >= 0.6 is 11.5 Å². The molecule has 0 N–H and O–H groups in total. The van der Waals surface area contributed by atoms with Crippen molar-refractivity contribution < 1.29 is 0 Å². The quantitative estimate of drug-likeness (QED) is 0.537. The molecule has 1 heterocycles. The third-order valence-corrected chi connectivity index (χ3v) is 1.77. The van der Waals surface area contributed by atoms with E-state index in [0.717, 1.165) is 5.69 Å². The van der Waals surface area contributed by atoms with Gasteiger partial charge in [-0.05, 0) is 35.8 Å². The van der Waals surface area contributed by atoms with Gasteiger partial charge >= 0.3 is 0 Å². The van der Waals surface area contributed by atoms with E-state index in [0.29, 0.717) is 0 Å². The van der Waals surface area contributed by atoms with Crippen LogP contribution in [0.4, 0.5) is 0 Å². The second kappa shape index (κ2) is 1.81. The largest absolute Gasteiger partial charge is 0.193 e. The highest BCUT2D eigenvalue weighted by Crippen LogP contribution is 2.19. The van der Waals surface area contributed by atoms with Crippen molar-refractivity contribution >= 4 is 11.5 Å². The van der Waals surface area contributed by atoms with Crippen molar-refractivity contribution in [2.45, 2.75) is 0 Å². The zero-order chi connectivity index (χ0) is 6.10. The fourth-order valence-electron chi connectivity index (χ4n) is 0.771. The standard InChI is InChI=1S/C7H4NS/c1-2-6-4-5-9-8-7(6)3-1/h2-5H. The zero-order valence-electron chi connectivity index (χ0n) is 4.66. The highest BCUT2D eigenvalue weighted by Gasteiger charge is 1.98. The molecule has 0 spiro atoms. The third kappa shape index (κ3) is 0.715. The molecule has 2 heteroatoms. The van der Waals surface area contributed by atoms with Gasteiger partial charge in [0.2, 0.25) is 0 Å². The molecule has 0 fully saturated rings. The van der Waals surface area contributed by atoms with E-state index in [9.17, 15) is 0 Å². The van der Waals surface area contributed by atoms with Crippen LogP contribution in [0, 0.1) is 6.07 Å². The Morgan fingerprint density at radius 1 is 1.44 bits per heavy atom. The van der Waals surface area contributed by atoms with E-state index in [-0.39, 0.29) is 0 Å². The minimum absolute atomic E-state index is 1.04. The van der Waals surface area contributed by atoms with Crippen LogP contribution < -0.4 is 0 Å². The fourth-order valence-corrected chi connectivity index (χ4v) is 1.31. The number of hydrogen-bond acceptors (Lipinski definition) is 2. The summed E-state index contributed by atoms with van der Waals surface area (Å²) < 4.78 is 4.15. The van der Waals surface area contributed by atoms with Gasteiger partial charge in [0.05, 0.1) is 5.69 Å². The van der Waals surface area contributed by atoms with Gasteiger partial charge in [0.25, 0.3) is 0 Å². The summed E-state index contributed by atoms with van der Waals surface area (Å²) in [6.45, 7) is 0. The smallest absolute Gasteiger partial charge is 0.0838 e. The van der Waals surface area contributed by atoms with E-state index in [1.54, 1.807) is 0 Å². The molecule has 1 aliphatic carbocycles. The number of nitrogens with zero attached hydrogens (tertiary/aromatic N) is 1. The van der Waals surface area contributed by atoms with Crippen molar-refractivity contribution in [1.82, 2.24) is 4.37 Å². The van der Waals surface area contributed by atoms with Gasteiger partial charge < -0.3 is 0 Å². The van der Waals surface area contributed by atoms with Crippen LogP contribution in [0.2, 0.25) is 0 Å². The normalized spacial score (nSPS) is 10.2. The lowest BCUT2D eigenvalue weighted by molar-refractivity contribution is 1.53. The molecule has 0 atom stereocenters. The van der Waals surface area contributed by atoms with Gasteiger partial charge in [-0.25, -0.2) is 0 Å². The Hall–Kier alpha value is -0.890. The van der Waals surface area contributed by atoms with Crippen molar-refractivity contribution in [1.29, 1.82) is 0 Å². The number of rotatable bonds is 0. The average molecular weight is 134 g/mol. The SMILES string of the molecule is [c]1cc2ccsnc-2c1. The monoisotopic (exact) mass is 134 g/mol. The average Bonchev–Trinajstić information content (AvgIpc) is 2.33. The topological polar surface area (TPSA) is 12.9 Å². The van der Waals surface area contributed by atoms with Crippen LogP contribution in [-0.4, -0.2) is 4.37 Å². The Morgan fingerprint density at radius 3 is 3.33 bits per heavy atom. The lowest BCUT2D eigenvalue weighted by atomic mass is 10.3. The summed E-state index contributed by atoms with van der Waals surface area (Å²) in [5, 5.41) is 1.97. The van der Waals surface area contributed by atoms with Gasteiger partial charge in [0, 0.05) is 10.9 Å². The summed E-state index contributed by atoms with van der Waals surface area (Å²) in [6, 6.07) is 8.86. The fraction of sp³-hybridized carbons (Fsp3) is 0. The molecule has 2 rings (SSSR count). The second-order valence-corrected chi connectivity index (χ2v) is 2.46. The molecule has 0 aromatic rings. The Bertz CT molecular complexity index is 249. The van der Waals surface area contributed by atoms with Crippen molar-refractivity contribution in [3.05, 3.63) is 29.6 Å². The summed E-state index contributed by atoms with van der Waals surface area (Å²) in [7, 11) is 0. The summed E-state index contributed by atoms with van der Waals surface area (Å²) in [4.78, 5) is 0. The first-order valence-electron chi connectivity index (χ1n) is 2.67. The van der Waals surface area contributed by atoms with Crippen LogP contribution in [0.1, 0.15) is 0 Å². The van der Waals surface area contributed by atoms with Crippen LogP contribution in [0.5, 0.6) is 0 Å². The van der Waals surface area contributed by atoms with Crippen molar-refractivity contribution in [2.75, 3.05) is 0 Å². The molecule has 2 aliphatic rings. The Labute approximate surface area is 57.5 Å². The third-order valence-electron chi connectivity index (χ3n) is 1.21. The maximum atomic E-state index is 4.15. The predicted molar refractivity (Wildman–Crippen MR) is 37.6 cm³/mol. The van der Waals surface area contributed by atoms with Gasteiger partial charge in [0.1, 0.15) is 0 Å². The van der Waals surface area contributed by atoms with Gasteiger partial charge in [-0.15, -0.1) is 0 Å². The lowest BCUT2D eigenvalue weighted by Crippen LogP contribution is -1.71. The van der Waals surface area contributed by atoms with Crippen LogP contribution in [0.15, 0.2) is 23.6 Å². The molecular formula is C7H4NS. The molecule has 0 unspecified atom stereocenters. The van der Waals surface area contributed by atoms with Gasteiger partial charge in [-0.1, -0.05) is 0 Å². The molecule has 43 valence electrons. The second-order valence-electron chi connectivity index (χ2n) is 1.80. The van der Waals surface area contributed by atoms with Crippen LogP contribution in [0.3, 0.4) is 0 Å². The van der Waals surface area contributed by atoms with E-state index in [1.165, 1.54) is 17.1 Å². The van der Waals surface area contributed by atoms with E-state index < -0.39 is 0 Å². The van der Waals surface area contributed by atoms with Crippen molar-refractivity contribution in [2.24, 2.45) is 0 Å². The molecule has 0 aromatic carbocycles. The summed E-state index contributed by atoms with van der Waals surface area (Å²) in [6.07, 6.45) is 0. The lowest BCUT2D eigenvalue weighted by Gasteiger charge is -1.90. The molecule has 0 amide bonds. The van der Waals surface area contributed by atoms with E-state index >= 15 is 0 Å². The molecule has 1 radical (unpaired) electrons.